The van der Waals surface area contributed by atoms with E-state index >= 15 is 0 Å². The van der Waals surface area contributed by atoms with Crippen LogP contribution < -0.4 is 10.7 Å². The molecule has 1 atom stereocenters. The van der Waals surface area contributed by atoms with Gasteiger partial charge in [0.15, 0.2) is 0 Å². The van der Waals surface area contributed by atoms with Crippen LogP contribution in [-0.4, -0.2) is 30.3 Å². The molecule has 1 heterocycles. The van der Waals surface area contributed by atoms with Crippen LogP contribution in [0.15, 0.2) is 51.8 Å². The maximum Gasteiger partial charge on any atom is 0.262 e. The van der Waals surface area contributed by atoms with E-state index in [0.29, 0.717) is 0 Å². The van der Waals surface area contributed by atoms with Gasteiger partial charge in [-0.3, -0.25) is 9.59 Å². The molecular weight excluding hydrogens is 366 g/mol. The Labute approximate surface area is 162 Å². The van der Waals surface area contributed by atoms with Crippen molar-refractivity contribution in [3.8, 4) is 0 Å². The maximum atomic E-state index is 12.4. The zero-order chi connectivity index (χ0) is 18.9. The number of hydrogen-bond donors (Lipinski definition) is 2. The van der Waals surface area contributed by atoms with Gasteiger partial charge in [-0.1, -0.05) is 32.0 Å². The van der Waals surface area contributed by atoms with Crippen molar-refractivity contribution < 1.29 is 9.59 Å². The number of thiophene rings is 1. The summed E-state index contributed by atoms with van der Waals surface area (Å²) >= 11 is 3.19. The molecule has 0 bridgehead atoms. The number of hydrogen-bond acceptors (Lipinski definition) is 5. The first-order valence-corrected chi connectivity index (χ1v) is 10.4. The van der Waals surface area contributed by atoms with Crippen LogP contribution in [0.3, 0.4) is 0 Å². The molecule has 2 amide bonds. The average Bonchev–Trinajstić information content (AvgIpc) is 3.12. The second kappa shape index (κ2) is 10.1. The lowest BCUT2D eigenvalue weighted by atomic mass is 10.0. The highest BCUT2D eigenvalue weighted by atomic mass is 32.2. The van der Waals surface area contributed by atoms with Gasteiger partial charge in [-0.2, -0.15) is 5.10 Å². The van der Waals surface area contributed by atoms with E-state index in [1.165, 1.54) is 16.2 Å². The molecule has 0 saturated carbocycles. The summed E-state index contributed by atoms with van der Waals surface area (Å²) in [5.41, 5.74) is 3.41. The number of nitrogens with one attached hydrogen (secondary N) is 2. The van der Waals surface area contributed by atoms with Gasteiger partial charge < -0.3 is 5.32 Å². The van der Waals surface area contributed by atoms with Crippen LogP contribution in [0, 0.1) is 5.92 Å². The highest BCUT2D eigenvalue weighted by Gasteiger charge is 2.24. The van der Waals surface area contributed by atoms with Gasteiger partial charge in [0.05, 0.1) is 12.6 Å². The van der Waals surface area contributed by atoms with E-state index in [1.807, 2.05) is 61.9 Å². The molecule has 0 aliphatic rings. The zero-order valence-electron chi connectivity index (χ0n) is 15.1. The highest BCUT2D eigenvalue weighted by molar-refractivity contribution is 7.98. The van der Waals surface area contributed by atoms with Crippen LogP contribution in [0.25, 0.3) is 0 Å². The van der Waals surface area contributed by atoms with Crippen LogP contribution in [0.1, 0.15) is 24.3 Å². The normalized spacial score (nSPS) is 12.3. The molecule has 2 rings (SSSR count). The van der Waals surface area contributed by atoms with Gasteiger partial charge in [0.1, 0.15) is 6.04 Å². The predicted octanol–water partition coefficient (Wildman–Crippen LogP) is 3.30. The molecule has 0 fully saturated rings. The fourth-order valence-electron chi connectivity index (χ4n) is 2.26. The molecule has 1 unspecified atom stereocenters. The second-order valence-electron chi connectivity index (χ2n) is 6.05. The van der Waals surface area contributed by atoms with Crippen LogP contribution in [0.4, 0.5) is 0 Å². The van der Waals surface area contributed by atoms with Crippen molar-refractivity contribution in [1.29, 1.82) is 0 Å². The van der Waals surface area contributed by atoms with Gasteiger partial charge in [0.25, 0.3) is 5.91 Å². The topological polar surface area (TPSA) is 70.6 Å². The molecule has 0 spiro atoms. The van der Waals surface area contributed by atoms with Gasteiger partial charge in [0, 0.05) is 9.77 Å². The first-order valence-electron chi connectivity index (χ1n) is 8.28. The summed E-state index contributed by atoms with van der Waals surface area (Å²) < 4.78 is 0. The van der Waals surface area contributed by atoms with E-state index in [9.17, 15) is 9.59 Å². The highest BCUT2D eigenvalue weighted by Crippen LogP contribution is 2.14. The molecule has 2 N–H and O–H groups in total. The molecule has 5 nitrogen and oxygen atoms in total. The molecule has 1 aromatic carbocycles. The first kappa shape index (κ1) is 20.2. The van der Waals surface area contributed by atoms with Crippen molar-refractivity contribution in [3.05, 3.63) is 52.2 Å². The Bertz CT molecular complexity index is 741. The smallest absolute Gasteiger partial charge is 0.262 e. The van der Waals surface area contributed by atoms with E-state index in [4.69, 9.17) is 0 Å². The summed E-state index contributed by atoms with van der Waals surface area (Å²) in [6.07, 6.45) is 3.88. The fourth-order valence-corrected chi connectivity index (χ4v) is 3.37. The van der Waals surface area contributed by atoms with Crippen molar-refractivity contribution in [1.82, 2.24) is 10.7 Å². The quantitative estimate of drug-likeness (QED) is 0.413. The van der Waals surface area contributed by atoms with Gasteiger partial charge in [0.2, 0.25) is 5.91 Å². The van der Waals surface area contributed by atoms with Crippen molar-refractivity contribution in [2.45, 2.75) is 31.2 Å². The minimum absolute atomic E-state index is 0.0432. The van der Waals surface area contributed by atoms with Gasteiger partial charge in [-0.05, 0) is 41.3 Å². The summed E-state index contributed by atoms with van der Waals surface area (Å²) in [5.74, 6) is -0.534. The molecule has 7 heteroatoms. The van der Waals surface area contributed by atoms with Crippen molar-refractivity contribution in [2.24, 2.45) is 11.0 Å². The number of carbonyl (C=O) groups is 2. The largest absolute Gasteiger partial charge is 0.344 e. The lowest BCUT2D eigenvalue weighted by Gasteiger charge is -2.20. The lowest BCUT2D eigenvalue weighted by molar-refractivity contribution is -0.129. The minimum Gasteiger partial charge on any atom is -0.344 e. The monoisotopic (exact) mass is 389 g/mol. The Morgan fingerprint density at radius 1 is 1.23 bits per heavy atom. The molecule has 0 radical (unpaired) electrons. The molecule has 0 saturated heterocycles. The Morgan fingerprint density at radius 2 is 1.96 bits per heavy atom. The molecule has 0 aliphatic carbocycles. The zero-order valence-corrected chi connectivity index (χ0v) is 16.7. The Kier molecular flexibility index (Phi) is 7.87. The second-order valence-corrected chi connectivity index (χ2v) is 7.96. The minimum atomic E-state index is -0.626. The summed E-state index contributed by atoms with van der Waals surface area (Å²) in [4.78, 5) is 26.7. The summed E-state index contributed by atoms with van der Waals surface area (Å²) in [6.45, 7) is 3.78. The molecule has 0 aliphatic heterocycles. The van der Waals surface area contributed by atoms with Crippen molar-refractivity contribution >= 4 is 41.1 Å². The molecule has 26 heavy (non-hydrogen) atoms. The van der Waals surface area contributed by atoms with Crippen LogP contribution >= 0.6 is 23.1 Å². The summed E-state index contributed by atoms with van der Waals surface area (Å²) in [6, 6.07) is 11.0. The number of nitrogens with zero attached hydrogens (tertiary/aromatic N) is 1. The lowest BCUT2D eigenvalue weighted by Crippen LogP contribution is -2.49. The average molecular weight is 390 g/mol. The van der Waals surface area contributed by atoms with Crippen molar-refractivity contribution in [3.63, 3.8) is 0 Å². The van der Waals surface area contributed by atoms with E-state index in [1.54, 1.807) is 18.0 Å². The predicted molar refractivity (Wildman–Crippen MR) is 109 cm³/mol. The first-order chi connectivity index (χ1) is 12.5. The SMILES string of the molecule is CSc1ccc(C=NNC(=O)C(NC(=O)Cc2cccs2)C(C)C)cc1. The Morgan fingerprint density at radius 3 is 2.54 bits per heavy atom. The third kappa shape index (κ3) is 6.31. The fraction of sp³-hybridized carbons (Fsp3) is 0.316. The Hall–Kier alpha value is -2.12. The van der Waals surface area contributed by atoms with E-state index in [-0.39, 0.29) is 24.2 Å². The summed E-state index contributed by atoms with van der Waals surface area (Å²) in [5, 5.41) is 8.73. The number of carbonyl (C=O) groups excluding carboxylic acids is 2. The van der Waals surface area contributed by atoms with Crippen molar-refractivity contribution in [2.75, 3.05) is 6.26 Å². The third-order valence-electron chi connectivity index (χ3n) is 3.68. The summed E-state index contributed by atoms with van der Waals surface area (Å²) in [7, 11) is 0. The Balaban J connectivity index is 1.90. The van der Waals surface area contributed by atoms with Crippen LogP contribution in [0.2, 0.25) is 0 Å². The number of thioether (sulfide) groups is 1. The maximum absolute atomic E-state index is 12.4. The van der Waals surface area contributed by atoms with E-state index in [2.05, 4.69) is 15.8 Å². The molecule has 2 aromatic rings. The number of rotatable bonds is 8. The molecular formula is C19H23N3O2S2. The number of hydrazone groups is 1. The third-order valence-corrected chi connectivity index (χ3v) is 5.30. The standard InChI is InChI=1S/C19H23N3O2S2/c1-13(2)18(21-17(23)11-16-5-4-10-26-16)19(24)22-20-12-14-6-8-15(25-3)9-7-14/h4-10,12-13,18H,11H2,1-3H3,(H,21,23)(H,22,24). The number of amides is 2. The molecule has 1 aromatic heterocycles. The van der Waals surface area contributed by atoms with Crippen LogP contribution in [0.5, 0.6) is 0 Å². The number of benzene rings is 1. The van der Waals surface area contributed by atoms with Gasteiger partial charge in [-0.15, -0.1) is 23.1 Å². The van der Waals surface area contributed by atoms with E-state index < -0.39 is 6.04 Å². The van der Waals surface area contributed by atoms with Gasteiger partial charge >= 0.3 is 0 Å². The van der Waals surface area contributed by atoms with Crippen LogP contribution in [-0.2, 0) is 16.0 Å². The van der Waals surface area contributed by atoms with E-state index in [0.717, 1.165) is 10.4 Å². The van der Waals surface area contributed by atoms with Gasteiger partial charge in [-0.25, -0.2) is 5.43 Å². The molecule has 138 valence electrons.